The van der Waals surface area contributed by atoms with Gasteiger partial charge in [0, 0.05) is 50.8 Å². The van der Waals surface area contributed by atoms with Crippen LogP contribution in [0.2, 0.25) is 0 Å². The molecule has 0 saturated carbocycles. The van der Waals surface area contributed by atoms with E-state index in [1.165, 1.54) is 106 Å². The second kappa shape index (κ2) is 16.5. The van der Waals surface area contributed by atoms with Gasteiger partial charge in [-0.2, -0.15) is 0 Å². The molecule has 12 rings (SSSR count). The largest absolute Gasteiger partial charge is 0.376 e. The summed E-state index contributed by atoms with van der Waals surface area (Å²) in [5, 5.41) is 0. The van der Waals surface area contributed by atoms with Crippen LogP contribution in [0.1, 0.15) is 94.3 Å². The number of benzene rings is 9. The third-order valence-electron chi connectivity index (χ3n) is 16.0. The van der Waals surface area contributed by atoms with E-state index in [9.17, 15) is 0 Å². The quantitative estimate of drug-likeness (QED) is 0.154. The van der Waals surface area contributed by atoms with Gasteiger partial charge < -0.3 is 14.6 Å². The highest BCUT2D eigenvalue weighted by Crippen LogP contribution is 2.56. The Morgan fingerprint density at radius 1 is 0.458 bits per heavy atom. The van der Waals surface area contributed by atoms with E-state index >= 15 is 0 Å². The Labute approximate surface area is 428 Å². The summed E-state index contributed by atoms with van der Waals surface area (Å²) in [4.78, 5) is 7.75. The average molecular weight is 934 g/mol. The van der Waals surface area contributed by atoms with Crippen LogP contribution in [0.25, 0.3) is 33.4 Å². The van der Waals surface area contributed by atoms with Crippen molar-refractivity contribution < 1.29 is 0 Å². The van der Waals surface area contributed by atoms with Gasteiger partial charge in [-0.15, -0.1) is 0 Å². The summed E-state index contributed by atoms with van der Waals surface area (Å²) < 4.78 is 0. The standard InChI is InChI=1S/C68H64BN3/c1-43-38-44(2)63(45(3)39-43)48-40-56-55-42-54(70(51-32-26-49(27-33-51)66(4,5)6)52-34-28-50(29-35-52)67(7,8)9)36-37-60(55)72(53-30-24-47(25-31-53)46-18-13-12-14-19-46)69-59-22-17-21-58-65(59)71(62(41-48)64(56)69)61-23-16-15-20-57(61)68(58,10)11/h12-42H,1-11H3. The second-order valence-corrected chi connectivity index (χ2v) is 23.3. The van der Waals surface area contributed by atoms with E-state index < -0.39 is 0 Å². The number of para-hydroxylation sites is 2. The van der Waals surface area contributed by atoms with Gasteiger partial charge in [-0.3, -0.25) is 0 Å². The predicted molar refractivity (Wildman–Crippen MR) is 309 cm³/mol. The highest BCUT2D eigenvalue weighted by atomic mass is 15.2. The number of fused-ring (bicyclic) bond motifs is 6. The van der Waals surface area contributed by atoms with Crippen LogP contribution < -0.4 is 25.5 Å². The molecular weight excluding hydrogens is 870 g/mol. The number of nitrogens with zero attached hydrogens (tertiary/aromatic N) is 3. The van der Waals surface area contributed by atoms with Crippen molar-refractivity contribution >= 4 is 63.3 Å². The maximum absolute atomic E-state index is 2.66. The molecule has 0 aromatic heterocycles. The van der Waals surface area contributed by atoms with Crippen molar-refractivity contribution in [3.63, 3.8) is 0 Å². The maximum Gasteiger partial charge on any atom is 0.333 e. The SMILES string of the molecule is Cc1cc(C)c(-c2cc3c4c(c2)N2c5ccccc5C(C)(C)c5cccc(c52)B4N(c2ccc(-c4ccccc4)cc2)c2ccc(N(c4ccc(C(C)(C)C)cc4)c4ccc(C(C)(C)C)cc4)cc2-3)c(C)c1. The minimum absolute atomic E-state index is 0.0328. The molecule has 9 aromatic carbocycles. The molecule has 3 heterocycles. The van der Waals surface area contributed by atoms with E-state index in [-0.39, 0.29) is 23.1 Å². The molecule has 0 spiro atoms. The smallest absolute Gasteiger partial charge is 0.333 e. The maximum atomic E-state index is 2.66. The molecule has 4 heteroatoms. The van der Waals surface area contributed by atoms with Gasteiger partial charge in [0.1, 0.15) is 0 Å². The molecule has 354 valence electrons. The molecule has 72 heavy (non-hydrogen) atoms. The summed E-state index contributed by atoms with van der Waals surface area (Å²) in [7, 11) is 0. The first-order chi connectivity index (χ1) is 34.5. The number of aryl methyl sites for hydroxylation is 3. The Hall–Kier alpha value is -7.56. The second-order valence-electron chi connectivity index (χ2n) is 23.3. The van der Waals surface area contributed by atoms with E-state index in [0.717, 1.165) is 22.7 Å². The first-order valence-corrected chi connectivity index (χ1v) is 25.9. The molecule has 0 radical (unpaired) electrons. The third-order valence-corrected chi connectivity index (χ3v) is 16.0. The van der Waals surface area contributed by atoms with Crippen LogP contribution in [0.5, 0.6) is 0 Å². The summed E-state index contributed by atoms with van der Waals surface area (Å²) in [6, 6.07) is 71.8. The Kier molecular flexibility index (Phi) is 10.4. The summed E-state index contributed by atoms with van der Waals surface area (Å²) in [6.45, 7) is 25.2. The minimum Gasteiger partial charge on any atom is -0.376 e. The average Bonchev–Trinajstić information content (AvgIpc) is 3.36. The lowest BCUT2D eigenvalue weighted by Gasteiger charge is -2.50. The van der Waals surface area contributed by atoms with Crippen LogP contribution in [0.3, 0.4) is 0 Å². The Morgan fingerprint density at radius 3 is 1.65 bits per heavy atom. The first kappa shape index (κ1) is 45.6. The van der Waals surface area contributed by atoms with Crippen LogP contribution in [-0.4, -0.2) is 6.85 Å². The van der Waals surface area contributed by atoms with Crippen molar-refractivity contribution in [2.45, 2.75) is 92.4 Å². The lowest BCUT2D eigenvalue weighted by molar-refractivity contribution is 0.590. The Bertz CT molecular complexity index is 3510. The van der Waals surface area contributed by atoms with E-state index in [1.54, 1.807) is 0 Å². The molecule has 0 aliphatic carbocycles. The minimum atomic E-state index is -0.218. The molecule has 0 saturated heterocycles. The number of anilines is 8. The van der Waals surface area contributed by atoms with E-state index in [2.05, 4.69) is 279 Å². The fraction of sp³-hybridized carbons (Fsp3) is 0.206. The van der Waals surface area contributed by atoms with Crippen molar-refractivity contribution in [1.29, 1.82) is 0 Å². The van der Waals surface area contributed by atoms with Crippen LogP contribution >= 0.6 is 0 Å². The molecule has 9 aromatic rings. The Balaban J connectivity index is 1.17. The molecule has 3 aliphatic heterocycles. The van der Waals surface area contributed by atoms with Gasteiger partial charge in [-0.25, -0.2) is 0 Å². The van der Waals surface area contributed by atoms with Gasteiger partial charge in [0.25, 0.3) is 0 Å². The monoisotopic (exact) mass is 934 g/mol. The number of rotatable bonds is 6. The summed E-state index contributed by atoms with van der Waals surface area (Å²) in [5.41, 5.74) is 28.6. The first-order valence-electron chi connectivity index (χ1n) is 25.9. The summed E-state index contributed by atoms with van der Waals surface area (Å²) in [6.07, 6.45) is 0. The molecule has 0 fully saturated rings. The topological polar surface area (TPSA) is 9.72 Å². The normalized spacial score (nSPS) is 14.1. The van der Waals surface area contributed by atoms with Crippen LogP contribution in [0.15, 0.2) is 188 Å². The van der Waals surface area contributed by atoms with Crippen LogP contribution in [-0.2, 0) is 16.2 Å². The zero-order valence-corrected chi connectivity index (χ0v) is 43.8. The van der Waals surface area contributed by atoms with Crippen molar-refractivity contribution in [3.05, 3.63) is 227 Å². The van der Waals surface area contributed by atoms with Crippen LogP contribution in [0.4, 0.5) is 45.5 Å². The molecule has 3 aliphatic rings. The van der Waals surface area contributed by atoms with Gasteiger partial charge >= 0.3 is 6.85 Å². The summed E-state index contributed by atoms with van der Waals surface area (Å²) >= 11 is 0. The van der Waals surface area contributed by atoms with Gasteiger partial charge in [-0.1, -0.05) is 176 Å². The van der Waals surface area contributed by atoms with Crippen molar-refractivity contribution in [2.75, 3.05) is 14.6 Å². The number of hydrogen-bond donors (Lipinski definition) is 0. The predicted octanol–water partition coefficient (Wildman–Crippen LogP) is 17.4. The van der Waals surface area contributed by atoms with Gasteiger partial charge in [0.05, 0.1) is 5.69 Å². The van der Waals surface area contributed by atoms with Gasteiger partial charge in [-0.05, 0) is 177 Å². The Morgan fingerprint density at radius 2 is 1.03 bits per heavy atom. The molecule has 0 atom stereocenters. The highest BCUT2D eigenvalue weighted by molar-refractivity contribution is 6.93. The molecule has 3 nitrogen and oxygen atoms in total. The molecule has 0 amide bonds. The van der Waals surface area contributed by atoms with E-state index in [0.29, 0.717) is 0 Å². The molecular formula is C68H64BN3. The highest BCUT2D eigenvalue weighted by Gasteiger charge is 2.49. The zero-order chi connectivity index (χ0) is 50.0. The van der Waals surface area contributed by atoms with Crippen LogP contribution in [0, 0.1) is 20.8 Å². The zero-order valence-electron chi connectivity index (χ0n) is 43.8. The van der Waals surface area contributed by atoms with Gasteiger partial charge in [0.15, 0.2) is 0 Å². The van der Waals surface area contributed by atoms with Gasteiger partial charge in [0.2, 0.25) is 0 Å². The van der Waals surface area contributed by atoms with E-state index in [1.807, 2.05) is 0 Å². The fourth-order valence-corrected chi connectivity index (χ4v) is 12.4. The third kappa shape index (κ3) is 7.24. The molecule has 0 N–H and O–H groups in total. The summed E-state index contributed by atoms with van der Waals surface area (Å²) in [5.74, 6) is 0. The lowest BCUT2D eigenvalue weighted by Crippen LogP contribution is -2.62. The van der Waals surface area contributed by atoms with Crippen molar-refractivity contribution in [3.8, 4) is 33.4 Å². The van der Waals surface area contributed by atoms with Crippen molar-refractivity contribution in [2.24, 2.45) is 0 Å². The number of hydrogen-bond acceptors (Lipinski definition) is 3. The van der Waals surface area contributed by atoms with E-state index in [4.69, 9.17) is 0 Å². The lowest BCUT2D eigenvalue weighted by atomic mass is 9.42. The fourth-order valence-electron chi connectivity index (χ4n) is 12.4. The molecule has 0 unspecified atom stereocenters. The molecule has 0 bridgehead atoms. The van der Waals surface area contributed by atoms with Crippen molar-refractivity contribution in [1.82, 2.24) is 0 Å².